The van der Waals surface area contributed by atoms with E-state index in [1.165, 1.54) is 35.3 Å². The van der Waals surface area contributed by atoms with Crippen molar-refractivity contribution in [2.75, 3.05) is 0 Å². The number of rotatable bonds is 3. The molecule has 0 fully saturated rings. The Bertz CT molecular complexity index is 940. The van der Waals surface area contributed by atoms with Crippen molar-refractivity contribution in [2.24, 2.45) is 0 Å². The SMILES string of the molecule is O=C(O)c1cc(-c2cccnc2)n(-c2ccc(I)c(C(F)(F)F)c2)n1. The molecule has 0 unspecified atom stereocenters. The summed E-state index contributed by atoms with van der Waals surface area (Å²) in [7, 11) is 0. The number of halogens is 4. The summed E-state index contributed by atoms with van der Waals surface area (Å²) >= 11 is 1.60. The lowest BCUT2D eigenvalue weighted by molar-refractivity contribution is -0.138. The van der Waals surface area contributed by atoms with E-state index in [1.54, 1.807) is 34.7 Å². The van der Waals surface area contributed by atoms with Crippen LogP contribution >= 0.6 is 22.6 Å². The third-order valence-electron chi connectivity index (χ3n) is 3.39. The first kappa shape index (κ1) is 17.4. The summed E-state index contributed by atoms with van der Waals surface area (Å²) < 4.78 is 40.7. The molecule has 0 aliphatic heterocycles. The summed E-state index contributed by atoms with van der Waals surface area (Å²) in [5.74, 6) is -1.27. The second-order valence-electron chi connectivity index (χ2n) is 5.04. The van der Waals surface area contributed by atoms with Gasteiger partial charge in [0.2, 0.25) is 0 Å². The van der Waals surface area contributed by atoms with Gasteiger partial charge in [0, 0.05) is 21.5 Å². The highest BCUT2D eigenvalue weighted by Gasteiger charge is 2.33. The van der Waals surface area contributed by atoms with E-state index in [0.29, 0.717) is 11.3 Å². The molecule has 1 aromatic carbocycles. The summed E-state index contributed by atoms with van der Waals surface area (Å²) in [6.07, 6.45) is -1.50. The Kier molecular flexibility index (Phi) is 4.50. The topological polar surface area (TPSA) is 68.0 Å². The molecule has 2 heterocycles. The van der Waals surface area contributed by atoms with Crippen molar-refractivity contribution in [3.8, 4) is 16.9 Å². The average molecular weight is 459 g/mol. The van der Waals surface area contributed by atoms with Crippen LogP contribution in [0.2, 0.25) is 0 Å². The maximum atomic E-state index is 13.2. The molecule has 0 saturated heterocycles. The van der Waals surface area contributed by atoms with Crippen LogP contribution in [0.4, 0.5) is 13.2 Å². The number of pyridine rings is 1. The van der Waals surface area contributed by atoms with Crippen molar-refractivity contribution in [3.63, 3.8) is 0 Å². The fourth-order valence-corrected chi connectivity index (χ4v) is 2.91. The van der Waals surface area contributed by atoms with Crippen LogP contribution in [0.15, 0.2) is 48.8 Å². The van der Waals surface area contributed by atoms with Crippen LogP contribution in [0, 0.1) is 3.57 Å². The van der Waals surface area contributed by atoms with E-state index >= 15 is 0 Å². The van der Waals surface area contributed by atoms with Gasteiger partial charge in [0.15, 0.2) is 5.69 Å². The minimum atomic E-state index is -4.52. The van der Waals surface area contributed by atoms with Gasteiger partial charge in [-0.25, -0.2) is 9.48 Å². The molecule has 0 saturated carbocycles. The van der Waals surface area contributed by atoms with Gasteiger partial charge in [-0.05, 0) is 59.0 Å². The Labute approximate surface area is 153 Å². The molecule has 25 heavy (non-hydrogen) atoms. The van der Waals surface area contributed by atoms with Gasteiger partial charge in [-0.3, -0.25) is 4.98 Å². The molecule has 0 bridgehead atoms. The molecule has 0 spiro atoms. The summed E-state index contributed by atoms with van der Waals surface area (Å²) in [4.78, 5) is 15.2. The Morgan fingerprint density at radius 1 is 1.20 bits per heavy atom. The molecular formula is C16H9F3IN3O2. The zero-order valence-electron chi connectivity index (χ0n) is 12.3. The summed E-state index contributed by atoms with van der Waals surface area (Å²) in [6.45, 7) is 0. The number of nitrogens with zero attached hydrogens (tertiary/aromatic N) is 3. The fourth-order valence-electron chi connectivity index (χ4n) is 2.26. The molecule has 0 aliphatic rings. The van der Waals surface area contributed by atoms with E-state index in [2.05, 4.69) is 10.1 Å². The number of carbonyl (C=O) groups is 1. The number of benzene rings is 1. The zero-order chi connectivity index (χ0) is 18.2. The van der Waals surface area contributed by atoms with E-state index in [0.717, 1.165) is 6.07 Å². The van der Waals surface area contributed by atoms with Crippen LogP contribution in [-0.2, 0) is 6.18 Å². The molecular weight excluding hydrogens is 450 g/mol. The molecule has 0 aliphatic carbocycles. The maximum absolute atomic E-state index is 13.2. The third-order valence-corrected chi connectivity index (χ3v) is 4.33. The number of hydrogen-bond acceptors (Lipinski definition) is 3. The third kappa shape index (κ3) is 3.50. The molecule has 0 amide bonds. The summed E-state index contributed by atoms with van der Waals surface area (Å²) in [6, 6.07) is 8.32. The Morgan fingerprint density at radius 3 is 2.56 bits per heavy atom. The normalized spacial score (nSPS) is 11.5. The maximum Gasteiger partial charge on any atom is 0.417 e. The van der Waals surface area contributed by atoms with Gasteiger partial charge in [-0.15, -0.1) is 0 Å². The molecule has 1 N–H and O–H groups in total. The van der Waals surface area contributed by atoms with Crippen molar-refractivity contribution in [2.45, 2.75) is 6.18 Å². The molecule has 0 atom stereocenters. The number of hydrogen-bond donors (Lipinski definition) is 1. The zero-order valence-corrected chi connectivity index (χ0v) is 14.5. The molecule has 9 heteroatoms. The van der Waals surface area contributed by atoms with Crippen LogP contribution in [0.3, 0.4) is 0 Å². The number of carboxylic acids is 1. The molecule has 3 aromatic rings. The van der Waals surface area contributed by atoms with Gasteiger partial charge in [0.25, 0.3) is 0 Å². The second-order valence-corrected chi connectivity index (χ2v) is 6.20. The van der Waals surface area contributed by atoms with E-state index in [9.17, 15) is 23.1 Å². The highest BCUT2D eigenvalue weighted by molar-refractivity contribution is 14.1. The number of aromatic carboxylic acids is 1. The van der Waals surface area contributed by atoms with Gasteiger partial charge in [0.05, 0.1) is 16.9 Å². The molecule has 3 rings (SSSR count). The number of aromatic nitrogens is 3. The van der Waals surface area contributed by atoms with Gasteiger partial charge in [-0.1, -0.05) is 0 Å². The van der Waals surface area contributed by atoms with Crippen LogP contribution in [0.1, 0.15) is 16.1 Å². The predicted molar refractivity (Wildman–Crippen MR) is 91.5 cm³/mol. The Hall–Kier alpha value is -2.43. The first-order valence-electron chi connectivity index (χ1n) is 6.88. The quantitative estimate of drug-likeness (QED) is 0.595. The van der Waals surface area contributed by atoms with E-state index in [1.807, 2.05) is 0 Å². The van der Waals surface area contributed by atoms with Crippen molar-refractivity contribution in [1.29, 1.82) is 0 Å². The lowest BCUT2D eigenvalue weighted by Gasteiger charge is -2.13. The molecule has 0 radical (unpaired) electrons. The van der Waals surface area contributed by atoms with E-state index in [-0.39, 0.29) is 15.0 Å². The van der Waals surface area contributed by atoms with E-state index in [4.69, 9.17) is 0 Å². The fraction of sp³-hybridized carbons (Fsp3) is 0.0625. The second kappa shape index (κ2) is 6.47. The van der Waals surface area contributed by atoms with Gasteiger partial charge < -0.3 is 5.11 Å². The van der Waals surface area contributed by atoms with Gasteiger partial charge in [0.1, 0.15) is 0 Å². The monoisotopic (exact) mass is 459 g/mol. The van der Waals surface area contributed by atoms with E-state index < -0.39 is 17.7 Å². The van der Waals surface area contributed by atoms with Crippen molar-refractivity contribution in [3.05, 3.63) is 63.6 Å². The minimum absolute atomic E-state index is 0.0439. The summed E-state index contributed by atoms with van der Waals surface area (Å²) in [5.41, 5.74) is -0.102. The first-order valence-corrected chi connectivity index (χ1v) is 7.96. The lowest BCUT2D eigenvalue weighted by atomic mass is 10.1. The molecule has 2 aromatic heterocycles. The standard InChI is InChI=1S/C16H9F3IN3O2/c17-16(18,19)11-6-10(3-4-12(11)20)23-14(7-13(22-23)15(24)25)9-2-1-5-21-8-9/h1-8H,(H,24,25). The highest BCUT2D eigenvalue weighted by atomic mass is 127. The number of carboxylic acid groups (broad SMARTS) is 1. The van der Waals surface area contributed by atoms with Crippen molar-refractivity contribution >= 4 is 28.6 Å². The largest absolute Gasteiger partial charge is 0.476 e. The molecule has 128 valence electrons. The van der Waals surface area contributed by atoms with Crippen LogP contribution in [0.25, 0.3) is 16.9 Å². The van der Waals surface area contributed by atoms with Crippen molar-refractivity contribution < 1.29 is 23.1 Å². The smallest absolute Gasteiger partial charge is 0.417 e. The molecule has 5 nitrogen and oxygen atoms in total. The number of alkyl halides is 3. The highest BCUT2D eigenvalue weighted by Crippen LogP contribution is 2.35. The van der Waals surface area contributed by atoms with Crippen molar-refractivity contribution in [1.82, 2.24) is 14.8 Å². The first-order chi connectivity index (χ1) is 11.8. The van der Waals surface area contributed by atoms with Crippen LogP contribution < -0.4 is 0 Å². The van der Waals surface area contributed by atoms with Crippen LogP contribution in [0.5, 0.6) is 0 Å². The van der Waals surface area contributed by atoms with Gasteiger partial charge >= 0.3 is 12.1 Å². The summed E-state index contributed by atoms with van der Waals surface area (Å²) in [5, 5.41) is 13.1. The van der Waals surface area contributed by atoms with Gasteiger partial charge in [-0.2, -0.15) is 18.3 Å². The van der Waals surface area contributed by atoms with Crippen LogP contribution in [-0.4, -0.2) is 25.8 Å². The lowest BCUT2D eigenvalue weighted by Crippen LogP contribution is -2.10. The predicted octanol–water partition coefficient (Wildman–Crippen LogP) is 4.26. The Balaban J connectivity index is 2.22. The average Bonchev–Trinajstić information content (AvgIpc) is 3.00. The minimum Gasteiger partial charge on any atom is -0.476 e. The Morgan fingerprint density at radius 2 is 1.96 bits per heavy atom.